The first kappa shape index (κ1) is 6.73. The van der Waals surface area contributed by atoms with Crippen LogP contribution in [0.4, 0.5) is 0 Å². The molecule has 1 heterocycles. The first-order chi connectivity index (χ1) is 5.40. The number of nitrogens with zero attached hydrogens (tertiary/aromatic N) is 2. The minimum absolute atomic E-state index is 0.0327. The number of rotatable bonds is 2. The summed E-state index contributed by atoms with van der Waals surface area (Å²) >= 11 is 0. The molecule has 0 aromatic carbocycles. The molecule has 0 bridgehead atoms. The molecule has 0 aliphatic heterocycles. The molecule has 1 saturated carbocycles. The van der Waals surface area contributed by atoms with E-state index in [9.17, 15) is 0 Å². The van der Waals surface area contributed by atoms with Crippen molar-refractivity contribution in [3.63, 3.8) is 0 Å². The molecule has 3 heteroatoms. The van der Waals surface area contributed by atoms with Crippen LogP contribution in [0, 0.1) is 0 Å². The Morgan fingerprint density at radius 3 is 2.45 bits per heavy atom. The van der Waals surface area contributed by atoms with Gasteiger partial charge in [-0.05, 0) is 12.8 Å². The zero-order valence-corrected chi connectivity index (χ0v) is 6.20. The van der Waals surface area contributed by atoms with Gasteiger partial charge in [0.2, 0.25) is 0 Å². The van der Waals surface area contributed by atoms with Crippen LogP contribution < -0.4 is 0 Å². The second-order valence-corrected chi connectivity index (χ2v) is 2.88. The highest BCUT2D eigenvalue weighted by Crippen LogP contribution is 2.37. The van der Waals surface area contributed by atoms with E-state index in [1.807, 2.05) is 0 Å². The summed E-state index contributed by atoms with van der Waals surface area (Å²) in [6.07, 6.45) is 5.83. The van der Waals surface area contributed by atoms with Gasteiger partial charge >= 0.3 is 0 Å². The fourth-order valence-electron chi connectivity index (χ4n) is 0.999. The number of aromatic nitrogens is 2. The first-order valence-corrected chi connectivity index (χ1v) is 3.82. The minimum atomic E-state index is 0.0327. The molecule has 58 valence electrons. The number of aliphatic hydroxyl groups is 1. The number of hydrogen-bond donors (Lipinski definition) is 1. The van der Waals surface area contributed by atoms with E-state index < -0.39 is 0 Å². The zero-order chi connectivity index (χ0) is 7.68. The lowest BCUT2D eigenvalue weighted by atomic mass is 10.3. The lowest BCUT2D eigenvalue weighted by Gasteiger charge is -1.96. The Hall–Kier alpha value is -0.960. The third kappa shape index (κ3) is 1.38. The van der Waals surface area contributed by atoms with Crippen molar-refractivity contribution in [3.05, 3.63) is 23.8 Å². The van der Waals surface area contributed by atoms with Crippen LogP contribution in [-0.2, 0) is 6.61 Å². The van der Waals surface area contributed by atoms with E-state index in [0.717, 1.165) is 11.4 Å². The van der Waals surface area contributed by atoms with Crippen molar-refractivity contribution < 1.29 is 5.11 Å². The summed E-state index contributed by atoms with van der Waals surface area (Å²) in [5, 5.41) is 8.70. The molecule has 1 N–H and O–H groups in total. The second kappa shape index (κ2) is 2.58. The lowest BCUT2D eigenvalue weighted by Crippen LogP contribution is -1.93. The van der Waals surface area contributed by atoms with Gasteiger partial charge in [-0.2, -0.15) is 0 Å². The molecular weight excluding hydrogens is 140 g/mol. The van der Waals surface area contributed by atoms with Gasteiger partial charge < -0.3 is 5.11 Å². The van der Waals surface area contributed by atoms with E-state index in [0.29, 0.717) is 5.92 Å². The molecule has 1 aliphatic carbocycles. The second-order valence-electron chi connectivity index (χ2n) is 2.88. The molecule has 0 spiro atoms. The molecular formula is C8H10N2O. The predicted molar refractivity (Wildman–Crippen MR) is 39.9 cm³/mol. The average molecular weight is 150 g/mol. The van der Waals surface area contributed by atoms with Gasteiger partial charge in [0.25, 0.3) is 0 Å². The molecule has 0 unspecified atom stereocenters. The zero-order valence-electron chi connectivity index (χ0n) is 6.20. The van der Waals surface area contributed by atoms with Crippen molar-refractivity contribution in [3.8, 4) is 0 Å². The summed E-state index contributed by atoms with van der Waals surface area (Å²) in [7, 11) is 0. The van der Waals surface area contributed by atoms with Crippen LogP contribution in [-0.4, -0.2) is 15.1 Å². The van der Waals surface area contributed by atoms with Gasteiger partial charge in [-0.15, -0.1) is 0 Å². The molecule has 3 nitrogen and oxygen atoms in total. The topological polar surface area (TPSA) is 46.0 Å². The van der Waals surface area contributed by atoms with Crippen molar-refractivity contribution in [2.45, 2.75) is 25.4 Å². The Morgan fingerprint density at radius 1 is 1.36 bits per heavy atom. The Labute approximate surface area is 65.1 Å². The van der Waals surface area contributed by atoms with Crippen molar-refractivity contribution in [1.29, 1.82) is 0 Å². The maximum Gasteiger partial charge on any atom is 0.131 e. The third-order valence-corrected chi connectivity index (χ3v) is 1.85. The van der Waals surface area contributed by atoms with Crippen LogP contribution >= 0.6 is 0 Å². The summed E-state index contributed by atoms with van der Waals surface area (Å²) in [4.78, 5) is 8.28. The quantitative estimate of drug-likeness (QED) is 0.679. The molecule has 2 rings (SSSR count). The molecule has 1 fully saturated rings. The Bertz CT molecular complexity index is 241. The van der Waals surface area contributed by atoms with Crippen LogP contribution in [0.25, 0.3) is 0 Å². The van der Waals surface area contributed by atoms with Gasteiger partial charge in [-0.1, -0.05) is 0 Å². The van der Waals surface area contributed by atoms with E-state index in [-0.39, 0.29) is 6.61 Å². The van der Waals surface area contributed by atoms with Gasteiger partial charge in [0.05, 0.1) is 6.61 Å². The van der Waals surface area contributed by atoms with Crippen LogP contribution in [0.5, 0.6) is 0 Å². The molecule has 0 atom stereocenters. The fourth-order valence-corrected chi connectivity index (χ4v) is 0.999. The summed E-state index contributed by atoms with van der Waals surface area (Å²) in [6, 6.07) is 0. The van der Waals surface area contributed by atoms with Gasteiger partial charge in [-0.25, -0.2) is 9.97 Å². The molecule has 0 radical (unpaired) electrons. The van der Waals surface area contributed by atoms with Crippen molar-refractivity contribution in [2.75, 3.05) is 0 Å². The molecule has 11 heavy (non-hydrogen) atoms. The SMILES string of the molecule is OCc1cnc(C2CC2)nc1. The number of aliphatic hydroxyl groups excluding tert-OH is 1. The highest BCUT2D eigenvalue weighted by molar-refractivity contribution is 5.09. The largest absolute Gasteiger partial charge is 0.392 e. The minimum Gasteiger partial charge on any atom is -0.392 e. The van der Waals surface area contributed by atoms with Crippen LogP contribution in [0.1, 0.15) is 30.1 Å². The maximum atomic E-state index is 8.70. The van der Waals surface area contributed by atoms with Gasteiger partial charge in [0.1, 0.15) is 5.82 Å². The molecule has 0 amide bonds. The molecule has 1 aromatic rings. The summed E-state index contributed by atoms with van der Waals surface area (Å²) in [6.45, 7) is 0.0327. The van der Waals surface area contributed by atoms with Crippen molar-refractivity contribution >= 4 is 0 Å². The fraction of sp³-hybridized carbons (Fsp3) is 0.500. The van der Waals surface area contributed by atoms with Crippen LogP contribution in [0.15, 0.2) is 12.4 Å². The van der Waals surface area contributed by atoms with Gasteiger partial charge in [0, 0.05) is 23.9 Å². The van der Waals surface area contributed by atoms with E-state index in [1.54, 1.807) is 12.4 Å². The predicted octanol–water partition coefficient (Wildman–Crippen LogP) is 0.846. The standard InChI is InChI=1S/C8H10N2O/c11-5-6-3-9-8(10-4-6)7-1-2-7/h3-4,7,11H,1-2,5H2. The summed E-state index contributed by atoms with van der Waals surface area (Å²) in [5.41, 5.74) is 0.786. The Balaban J connectivity index is 2.19. The van der Waals surface area contributed by atoms with Gasteiger partial charge in [-0.3, -0.25) is 0 Å². The lowest BCUT2D eigenvalue weighted by molar-refractivity contribution is 0.280. The Morgan fingerprint density at radius 2 is 2.00 bits per heavy atom. The van der Waals surface area contributed by atoms with Crippen molar-refractivity contribution in [1.82, 2.24) is 9.97 Å². The van der Waals surface area contributed by atoms with Gasteiger partial charge in [0.15, 0.2) is 0 Å². The molecule has 1 aromatic heterocycles. The summed E-state index contributed by atoms with van der Waals surface area (Å²) in [5.74, 6) is 1.53. The monoisotopic (exact) mass is 150 g/mol. The highest BCUT2D eigenvalue weighted by Gasteiger charge is 2.25. The maximum absolute atomic E-state index is 8.70. The van der Waals surface area contributed by atoms with Crippen LogP contribution in [0.3, 0.4) is 0 Å². The van der Waals surface area contributed by atoms with E-state index in [1.165, 1.54) is 12.8 Å². The van der Waals surface area contributed by atoms with E-state index >= 15 is 0 Å². The summed E-state index contributed by atoms with van der Waals surface area (Å²) < 4.78 is 0. The van der Waals surface area contributed by atoms with Crippen molar-refractivity contribution in [2.24, 2.45) is 0 Å². The van der Waals surface area contributed by atoms with Crippen LogP contribution in [0.2, 0.25) is 0 Å². The molecule has 1 aliphatic rings. The third-order valence-electron chi connectivity index (χ3n) is 1.85. The average Bonchev–Trinajstić information content (AvgIpc) is 2.87. The number of hydrogen-bond acceptors (Lipinski definition) is 3. The smallest absolute Gasteiger partial charge is 0.131 e. The van der Waals surface area contributed by atoms with E-state index in [4.69, 9.17) is 5.11 Å². The highest BCUT2D eigenvalue weighted by atomic mass is 16.3. The first-order valence-electron chi connectivity index (χ1n) is 3.82. The normalized spacial score (nSPS) is 16.8. The van der Waals surface area contributed by atoms with E-state index in [2.05, 4.69) is 9.97 Å². The Kier molecular flexibility index (Phi) is 1.58. The molecule has 0 saturated heterocycles.